The number of anilines is 2. The van der Waals surface area contributed by atoms with Crippen LogP contribution in [0.25, 0.3) is 5.70 Å². The normalized spacial score (nSPS) is 22.4. The summed E-state index contributed by atoms with van der Waals surface area (Å²) in [6.07, 6.45) is -5.21. The highest BCUT2D eigenvalue weighted by molar-refractivity contribution is 6.30. The van der Waals surface area contributed by atoms with Crippen molar-refractivity contribution in [2.45, 2.75) is 56.6 Å². The van der Waals surface area contributed by atoms with Crippen molar-refractivity contribution < 1.29 is 41.4 Å². The Balaban J connectivity index is 1.38. The summed E-state index contributed by atoms with van der Waals surface area (Å²) in [5.74, 6) is -1.52. The second-order valence-corrected chi connectivity index (χ2v) is 10.7. The summed E-state index contributed by atoms with van der Waals surface area (Å²) in [5, 5.41) is 11.5. The average molecular weight is 626 g/mol. The van der Waals surface area contributed by atoms with Crippen LogP contribution in [-0.4, -0.2) is 48.9 Å². The molecule has 230 valence electrons. The molecule has 43 heavy (non-hydrogen) atoms. The number of fused-ring (bicyclic) bond motifs is 4. The molecule has 2 bridgehead atoms. The van der Waals surface area contributed by atoms with Gasteiger partial charge in [0.1, 0.15) is 18.1 Å². The lowest BCUT2D eigenvalue weighted by molar-refractivity contribution is -0.140. The molecule has 0 radical (unpaired) electrons. The minimum absolute atomic E-state index is 0.00770. The minimum Gasteiger partial charge on any atom is -0.453 e. The van der Waals surface area contributed by atoms with Gasteiger partial charge in [-0.15, -0.1) is 0 Å². The first-order chi connectivity index (χ1) is 20.5. The number of methoxy groups -OCH3 is 1. The van der Waals surface area contributed by atoms with E-state index in [0.717, 1.165) is 6.07 Å². The average Bonchev–Trinajstić information content (AvgIpc) is 3.43. The predicted octanol–water partition coefficient (Wildman–Crippen LogP) is 5.96. The van der Waals surface area contributed by atoms with Crippen molar-refractivity contribution in [1.82, 2.24) is 15.5 Å². The van der Waals surface area contributed by atoms with Crippen LogP contribution in [0.15, 0.2) is 36.5 Å². The molecule has 2 unspecified atom stereocenters. The highest BCUT2D eigenvalue weighted by Gasteiger charge is 2.43. The van der Waals surface area contributed by atoms with E-state index < -0.39 is 58.6 Å². The number of alkyl halides is 3. The maximum Gasteiger partial charge on any atom is 0.416 e. The lowest BCUT2D eigenvalue weighted by atomic mass is 9.96. The predicted molar refractivity (Wildman–Crippen MR) is 148 cm³/mol. The van der Waals surface area contributed by atoms with Crippen LogP contribution in [0.2, 0.25) is 5.02 Å². The quantitative estimate of drug-likeness (QED) is 0.311. The van der Waals surface area contributed by atoms with Crippen LogP contribution in [0.4, 0.5) is 38.5 Å². The molecule has 1 saturated heterocycles. The van der Waals surface area contributed by atoms with Gasteiger partial charge in [0.15, 0.2) is 0 Å². The second kappa shape index (κ2) is 12.2. The van der Waals surface area contributed by atoms with Gasteiger partial charge >= 0.3 is 18.4 Å². The fourth-order valence-corrected chi connectivity index (χ4v) is 5.66. The molecule has 5 rings (SSSR count). The minimum atomic E-state index is -4.88. The van der Waals surface area contributed by atoms with Crippen molar-refractivity contribution >= 4 is 46.8 Å². The van der Waals surface area contributed by atoms with E-state index in [-0.39, 0.29) is 25.3 Å². The van der Waals surface area contributed by atoms with Crippen LogP contribution >= 0.6 is 11.6 Å². The number of rotatable bonds is 3. The Labute approximate surface area is 248 Å². The first-order valence-corrected chi connectivity index (χ1v) is 13.9. The summed E-state index contributed by atoms with van der Waals surface area (Å²) in [4.78, 5) is 39.1. The summed E-state index contributed by atoms with van der Waals surface area (Å²) in [6, 6.07) is 5.89. The van der Waals surface area contributed by atoms with Crippen molar-refractivity contribution in [3.63, 3.8) is 0 Å². The van der Waals surface area contributed by atoms with Crippen LogP contribution in [0, 0.1) is 5.82 Å². The van der Waals surface area contributed by atoms with E-state index in [9.17, 15) is 31.9 Å². The number of benzene rings is 2. The van der Waals surface area contributed by atoms with Gasteiger partial charge in [-0.1, -0.05) is 18.0 Å². The van der Waals surface area contributed by atoms with Crippen molar-refractivity contribution in [2.75, 3.05) is 24.3 Å². The number of nitrogens with zero attached hydrogens (tertiary/aromatic N) is 1. The van der Waals surface area contributed by atoms with Crippen molar-refractivity contribution in [1.29, 1.82) is 0 Å². The topological polar surface area (TPSA) is 121 Å². The highest BCUT2D eigenvalue weighted by Crippen LogP contribution is 2.42. The van der Waals surface area contributed by atoms with Crippen LogP contribution in [0.1, 0.15) is 54.9 Å². The fraction of sp³-hybridized carbons (Fsp3) is 0.393. The third kappa shape index (κ3) is 6.43. The molecule has 0 aliphatic carbocycles. The van der Waals surface area contributed by atoms with Crippen LogP contribution in [-0.2, 0) is 20.4 Å². The molecule has 0 saturated carbocycles. The lowest BCUT2D eigenvalue weighted by Crippen LogP contribution is -2.56. The summed E-state index contributed by atoms with van der Waals surface area (Å²) in [6.45, 7) is -0.00770. The zero-order chi connectivity index (χ0) is 30.9. The molecule has 0 spiro atoms. The lowest BCUT2D eigenvalue weighted by Gasteiger charge is -2.40. The summed E-state index contributed by atoms with van der Waals surface area (Å²) >= 11 is 5.79. The SMILES string of the molecule is COC(=O)Nc1ccc2c(c1)NC(=O)CCCC[C@H](N1CCC(c3c(C(F)(F)F)ccc(Cl)c3F)OC1=O)C1NC=C2N1. The standard InChI is InChI=1S/C28H28ClF4N5O5/c1-42-26(40)35-14-6-7-15-18(12-14)36-22(39)5-3-2-4-20(25-34-13-19(15)37-25)38-11-10-21(43-27(38)41)23-16(28(31,32)33)8-9-17(29)24(23)30/h6-9,12-13,20-21,25,34,37H,2-5,10-11H2,1H3,(H,35,40)(H,36,39)/t20-,21?,25?/m0/s1. The third-order valence-corrected chi connectivity index (χ3v) is 7.83. The number of cyclic esters (lactones) is 1. The Bertz CT molecular complexity index is 1470. The summed E-state index contributed by atoms with van der Waals surface area (Å²) < 4.78 is 66.0. The Morgan fingerprint density at radius 3 is 2.67 bits per heavy atom. The first kappa shape index (κ1) is 30.3. The van der Waals surface area contributed by atoms with Crippen molar-refractivity contribution in [2.24, 2.45) is 0 Å². The fourth-order valence-electron chi connectivity index (χ4n) is 5.50. The zero-order valence-electron chi connectivity index (χ0n) is 22.8. The molecule has 1 fully saturated rings. The Morgan fingerprint density at radius 2 is 1.95 bits per heavy atom. The molecule has 2 aromatic carbocycles. The number of nitrogens with one attached hydrogen (secondary N) is 4. The Kier molecular flexibility index (Phi) is 8.58. The van der Waals surface area contributed by atoms with E-state index in [1.54, 1.807) is 24.4 Å². The van der Waals surface area contributed by atoms with Gasteiger partial charge in [0.05, 0.1) is 35.1 Å². The van der Waals surface area contributed by atoms with Gasteiger partial charge in [-0.05, 0) is 43.2 Å². The molecular formula is C28H28ClF4N5O5. The molecule has 3 atom stereocenters. The van der Waals surface area contributed by atoms with Gasteiger partial charge in [-0.25, -0.2) is 14.0 Å². The smallest absolute Gasteiger partial charge is 0.416 e. The number of carbonyl (C=O) groups excluding carboxylic acids is 3. The highest BCUT2D eigenvalue weighted by atomic mass is 35.5. The van der Waals surface area contributed by atoms with Gasteiger partial charge < -0.3 is 30.3 Å². The number of halogens is 5. The van der Waals surface area contributed by atoms with Crippen LogP contribution in [0.3, 0.4) is 0 Å². The Morgan fingerprint density at radius 1 is 1.16 bits per heavy atom. The number of ether oxygens (including phenoxy) is 2. The van der Waals surface area contributed by atoms with E-state index in [2.05, 4.69) is 26.0 Å². The molecule has 3 heterocycles. The Hall–Kier alpha value is -4.20. The van der Waals surface area contributed by atoms with E-state index in [4.69, 9.17) is 16.3 Å². The van der Waals surface area contributed by atoms with Gasteiger partial charge in [0.25, 0.3) is 0 Å². The molecule has 0 aromatic heterocycles. The van der Waals surface area contributed by atoms with Crippen LogP contribution in [0.5, 0.6) is 0 Å². The second-order valence-electron chi connectivity index (χ2n) is 10.3. The zero-order valence-corrected chi connectivity index (χ0v) is 23.6. The molecule has 3 aliphatic rings. The summed E-state index contributed by atoms with van der Waals surface area (Å²) in [7, 11) is 1.23. The molecule has 3 aliphatic heterocycles. The van der Waals surface area contributed by atoms with Crippen LogP contribution < -0.4 is 21.3 Å². The van der Waals surface area contributed by atoms with Gasteiger partial charge in [0, 0.05) is 42.4 Å². The molecule has 4 N–H and O–H groups in total. The number of carbonyl (C=O) groups is 3. The van der Waals surface area contributed by atoms with E-state index in [1.807, 2.05) is 0 Å². The van der Waals surface area contributed by atoms with Gasteiger partial charge in [0.2, 0.25) is 5.91 Å². The monoisotopic (exact) mass is 625 g/mol. The molecule has 15 heteroatoms. The number of hydrogen-bond donors (Lipinski definition) is 4. The van der Waals surface area contributed by atoms with Crippen molar-refractivity contribution in [3.8, 4) is 0 Å². The van der Waals surface area contributed by atoms with E-state index >= 15 is 0 Å². The number of amides is 3. The van der Waals surface area contributed by atoms with E-state index in [0.29, 0.717) is 48.0 Å². The molecular weight excluding hydrogens is 598 g/mol. The molecule has 10 nitrogen and oxygen atoms in total. The molecule has 3 amide bonds. The maximum atomic E-state index is 14.9. The third-order valence-electron chi connectivity index (χ3n) is 7.54. The van der Waals surface area contributed by atoms with Crippen molar-refractivity contribution in [3.05, 3.63) is 64.1 Å². The van der Waals surface area contributed by atoms with Gasteiger partial charge in [-0.2, -0.15) is 13.2 Å². The number of hydrogen-bond acceptors (Lipinski definition) is 7. The first-order valence-electron chi connectivity index (χ1n) is 13.5. The maximum absolute atomic E-state index is 14.9. The molecule has 2 aromatic rings. The van der Waals surface area contributed by atoms with E-state index in [1.165, 1.54) is 12.0 Å². The van der Waals surface area contributed by atoms with Gasteiger partial charge in [-0.3, -0.25) is 10.1 Å². The largest absolute Gasteiger partial charge is 0.453 e. The summed E-state index contributed by atoms with van der Waals surface area (Å²) in [5.41, 5.74) is -0.0149.